The third kappa shape index (κ3) is 4.39. The SMILES string of the molecule is CC[C@@H](C)[C@@H](NC(=O)c1cccc(F)c1)c1nc(-c2ccc(C)c(Cl)c2)no1. The first-order valence-corrected chi connectivity index (χ1v) is 9.43. The van der Waals surface area contributed by atoms with Crippen LogP contribution in [-0.2, 0) is 0 Å². The van der Waals surface area contributed by atoms with Crippen molar-refractivity contribution in [1.82, 2.24) is 15.5 Å². The van der Waals surface area contributed by atoms with Crippen LogP contribution in [0.1, 0.15) is 48.1 Å². The van der Waals surface area contributed by atoms with E-state index >= 15 is 0 Å². The highest BCUT2D eigenvalue weighted by atomic mass is 35.5. The van der Waals surface area contributed by atoms with Crippen LogP contribution in [0.2, 0.25) is 5.02 Å². The molecule has 0 aliphatic rings. The number of amides is 1. The minimum atomic E-state index is -0.497. The van der Waals surface area contributed by atoms with Crippen molar-refractivity contribution in [1.29, 1.82) is 0 Å². The maximum Gasteiger partial charge on any atom is 0.252 e. The van der Waals surface area contributed by atoms with Gasteiger partial charge < -0.3 is 9.84 Å². The quantitative estimate of drug-likeness (QED) is 0.604. The molecular weight excluding hydrogens is 381 g/mol. The molecule has 146 valence electrons. The second kappa shape index (κ2) is 8.52. The van der Waals surface area contributed by atoms with Gasteiger partial charge in [-0.25, -0.2) is 4.39 Å². The normalized spacial score (nSPS) is 13.2. The van der Waals surface area contributed by atoms with Crippen LogP contribution >= 0.6 is 11.6 Å². The second-order valence-electron chi connectivity index (χ2n) is 6.77. The zero-order valence-corrected chi connectivity index (χ0v) is 16.6. The van der Waals surface area contributed by atoms with Crippen LogP contribution in [0, 0.1) is 18.7 Å². The molecule has 0 aliphatic heterocycles. The first-order valence-electron chi connectivity index (χ1n) is 9.05. The Morgan fingerprint density at radius 2 is 2.07 bits per heavy atom. The van der Waals surface area contributed by atoms with Crippen LogP contribution in [0.3, 0.4) is 0 Å². The van der Waals surface area contributed by atoms with Crippen molar-refractivity contribution < 1.29 is 13.7 Å². The van der Waals surface area contributed by atoms with Gasteiger partial charge in [0.2, 0.25) is 11.7 Å². The lowest BCUT2D eigenvalue weighted by atomic mass is 9.98. The van der Waals surface area contributed by atoms with E-state index in [0.717, 1.165) is 17.5 Å². The largest absolute Gasteiger partial charge is 0.340 e. The molecule has 7 heteroatoms. The maximum atomic E-state index is 13.4. The van der Waals surface area contributed by atoms with E-state index < -0.39 is 17.8 Å². The Morgan fingerprint density at radius 1 is 1.29 bits per heavy atom. The van der Waals surface area contributed by atoms with Gasteiger partial charge in [0.1, 0.15) is 11.9 Å². The van der Waals surface area contributed by atoms with Gasteiger partial charge >= 0.3 is 0 Å². The zero-order chi connectivity index (χ0) is 20.3. The molecule has 0 saturated heterocycles. The molecule has 1 heterocycles. The first-order chi connectivity index (χ1) is 13.4. The highest BCUT2D eigenvalue weighted by molar-refractivity contribution is 6.31. The maximum absolute atomic E-state index is 13.4. The summed E-state index contributed by atoms with van der Waals surface area (Å²) < 4.78 is 18.9. The van der Waals surface area contributed by atoms with Crippen LogP contribution in [0.25, 0.3) is 11.4 Å². The summed E-state index contributed by atoms with van der Waals surface area (Å²) in [5, 5.41) is 7.53. The summed E-state index contributed by atoms with van der Waals surface area (Å²) in [6, 6.07) is 10.5. The van der Waals surface area contributed by atoms with E-state index in [1.54, 1.807) is 12.1 Å². The van der Waals surface area contributed by atoms with Gasteiger partial charge in [0.05, 0.1) is 0 Å². The Hall–Kier alpha value is -2.73. The molecule has 1 N–H and O–H groups in total. The lowest BCUT2D eigenvalue weighted by molar-refractivity contribution is 0.0909. The van der Waals surface area contributed by atoms with Crippen molar-refractivity contribution in [3.8, 4) is 11.4 Å². The second-order valence-corrected chi connectivity index (χ2v) is 7.17. The Bertz CT molecular complexity index is 989. The van der Waals surface area contributed by atoms with Gasteiger partial charge in [0.15, 0.2) is 0 Å². The minimum absolute atomic E-state index is 0.0346. The van der Waals surface area contributed by atoms with Gasteiger partial charge in [-0.1, -0.05) is 55.2 Å². The number of aryl methyl sites for hydroxylation is 1. The number of halogens is 2. The molecule has 2 atom stereocenters. The molecule has 1 amide bonds. The van der Waals surface area contributed by atoms with Crippen LogP contribution in [0.15, 0.2) is 47.0 Å². The van der Waals surface area contributed by atoms with E-state index in [4.69, 9.17) is 16.1 Å². The fraction of sp³-hybridized carbons (Fsp3) is 0.286. The number of hydrogen-bond acceptors (Lipinski definition) is 4. The van der Waals surface area contributed by atoms with Crippen molar-refractivity contribution in [3.05, 3.63) is 70.3 Å². The highest BCUT2D eigenvalue weighted by Gasteiger charge is 2.27. The average molecular weight is 402 g/mol. The van der Waals surface area contributed by atoms with Gasteiger partial charge in [-0.2, -0.15) is 4.98 Å². The number of carbonyl (C=O) groups is 1. The van der Waals surface area contributed by atoms with Gasteiger partial charge in [-0.05, 0) is 42.7 Å². The number of hydrogen-bond donors (Lipinski definition) is 1. The molecule has 0 fully saturated rings. The van der Waals surface area contributed by atoms with Gasteiger partial charge in [-0.15, -0.1) is 0 Å². The number of benzene rings is 2. The molecule has 0 aliphatic carbocycles. The molecule has 2 aromatic carbocycles. The summed E-state index contributed by atoms with van der Waals surface area (Å²) in [5.41, 5.74) is 1.91. The number of nitrogens with zero attached hydrogens (tertiary/aromatic N) is 2. The minimum Gasteiger partial charge on any atom is -0.340 e. The summed E-state index contributed by atoms with van der Waals surface area (Å²) in [5.74, 6) is -0.143. The topological polar surface area (TPSA) is 68.0 Å². The fourth-order valence-electron chi connectivity index (χ4n) is 2.75. The molecule has 28 heavy (non-hydrogen) atoms. The highest BCUT2D eigenvalue weighted by Crippen LogP contribution is 2.28. The van der Waals surface area contributed by atoms with Crippen molar-refractivity contribution in [2.45, 2.75) is 33.2 Å². The molecule has 3 rings (SSSR count). The molecule has 0 bridgehead atoms. The molecule has 5 nitrogen and oxygen atoms in total. The third-order valence-electron chi connectivity index (χ3n) is 4.72. The van der Waals surface area contributed by atoms with E-state index in [9.17, 15) is 9.18 Å². The summed E-state index contributed by atoms with van der Waals surface area (Å²) in [6.45, 7) is 5.89. The number of aromatic nitrogens is 2. The van der Waals surface area contributed by atoms with Crippen molar-refractivity contribution in [3.63, 3.8) is 0 Å². The van der Waals surface area contributed by atoms with E-state index in [2.05, 4.69) is 15.5 Å². The van der Waals surface area contributed by atoms with Crippen molar-refractivity contribution in [2.75, 3.05) is 0 Å². The Balaban J connectivity index is 1.87. The van der Waals surface area contributed by atoms with Gasteiger partial charge in [-0.3, -0.25) is 4.79 Å². The standard InChI is InChI=1S/C21H21ClFN3O2/c1-4-12(2)18(24-20(27)15-6-5-7-16(23)10-15)21-25-19(26-28-21)14-9-8-13(3)17(22)11-14/h5-12,18H,4H2,1-3H3,(H,24,27)/t12-,18-/m1/s1. The zero-order valence-electron chi connectivity index (χ0n) is 15.9. The van der Waals surface area contributed by atoms with Crippen LogP contribution in [0.5, 0.6) is 0 Å². The Kier molecular flexibility index (Phi) is 6.09. The average Bonchev–Trinajstić information content (AvgIpc) is 3.17. The number of carbonyl (C=O) groups excluding carboxylic acids is 1. The number of rotatable bonds is 6. The first kappa shape index (κ1) is 20.0. The summed E-state index contributed by atoms with van der Waals surface area (Å²) in [6.07, 6.45) is 0.780. The molecule has 1 aromatic heterocycles. The third-order valence-corrected chi connectivity index (χ3v) is 5.13. The molecule has 0 saturated carbocycles. The summed E-state index contributed by atoms with van der Waals surface area (Å²) in [4.78, 5) is 17.0. The van der Waals surface area contributed by atoms with Gasteiger partial charge in [0.25, 0.3) is 5.91 Å². The lowest BCUT2D eigenvalue weighted by Gasteiger charge is -2.20. The summed E-state index contributed by atoms with van der Waals surface area (Å²) >= 11 is 6.18. The summed E-state index contributed by atoms with van der Waals surface area (Å²) in [7, 11) is 0. The molecular formula is C21H21ClFN3O2. The molecule has 0 spiro atoms. The van der Waals surface area contributed by atoms with Crippen LogP contribution in [0.4, 0.5) is 4.39 Å². The van der Waals surface area contributed by atoms with Crippen molar-refractivity contribution in [2.24, 2.45) is 5.92 Å². The predicted octanol–water partition coefficient (Wildman–Crippen LogP) is 5.35. The van der Waals surface area contributed by atoms with Gasteiger partial charge in [0, 0.05) is 16.1 Å². The Morgan fingerprint density at radius 3 is 2.75 bits per heavy atom. The molecule has 3 aromatic rings. The van der Waals surface area contributed by atoms with E-state index in [-0.39, 0.29) is 11.5 Å². The Labute approximate surface area is 167 Å². The molecule has 0 unspecified atom stereocenters. The monoisotopic (exact) mass is 401 g/mol. The number of nitrogens with one attached hydrogen (secondary N) is 1. The van der Waals surface area contributed by atoms with Crippen LogP contribution in [-0.4, -0.2) is 16.0 Å². The van der Waals surface area contributed by atoms with E-state index in [1.165, 1.54) is 18.2 Å². The molecule has 0 radical (unpaired) electrons. The van der Waals surface area contributed by atoms with Crippen molar-refractivity contribution >= 4 is 17.5 Å². The van der Waals surface area contributed by atoms with E-state index in [0.29, 0.717) is 16.7 Å². The smallest absolute Gasteiger partial charge is 0.252 e. The van der Waals surface area contributed by atoms with E-state index in [1.807, 2.05) is 32.9 Å². The van der Waals surface area contributed by atoms with Crippen LogP contribution < -0.4 is 5.32 Å². The lowest BCUT2D eigenvalue weighted by Crippen LogP contribution is -2.32. The fourth-order valence-corrected chi connectivity index (χ4v) is 2.93. The predicted molar refractivity (Wildman–Crippen MR) is 106 cm³/mol.